The van der Waals surface area contributed by atoms with E-state index in [-0.39, 0.29) is 18.4 Å². The van der Waals surface area contributed by atoms with Gasteiger partial charge in [0, 0.05) is 31.7 Å². The average Bonchev–Trinajstić information content (AvgIpc) is 2.72. The Balaban J connectivity index is 1.53. The van der Waals surface area contributed by atoms with Crippen LogP contribution in [-0.4, -0.2) is 65.1 Å². The Kier molecular flexibility index (Phi) is 6.37. The molecule has 2 aliphatic rings. The van der Waals surface area contributed by atoms with Crippen LogP contribution in [0, 0.1) is 0 Å². The van der Waals surface area contributed by atoms with E-state index in [1.54, 1.807) is 29.2 Å². The number of amides is 2. The molecule has 0 spiro atoms. The van der Waals surface area contributed by atoms with Crippen molar-refractivity contribution in [1.82, 2.24) is 9.80 Å². The first-order chi connectivity index (χ1) is 13.0. The molecular formula is C21H30N2O4. The molecule has 0 radical (unpaired) electrons. The molecule has 1 aromatic rings. The molecule has 0 saturated carbocycles. The second-order valence-electron chi connectivity index (χ2n) is 7.66. The fourth-order valence-corrected chi connectivity index (χ4v) is 3.83. The lowest BCUT2D eigenvalue weighted by Crippen LogP contribution is -2.49. The molecule has 2 heterocycles. The topological polar surface area (TPSA) is 70.1 Å². The Morgan fingerprint density at radius 1 is 1.04 bits per heavy atom. The second-order valence-corrected chi connectivity index (χ2v) is 7.66. The van der Waals surface area contributed by atoms with Crippen molar-refractivity contribution in [3.63, 3.8) is 0 Å². The van der Waals surface area contributed by atoms with Gasteiger partial charge in [-0.05, 0) is 62.8 Å². The van der Waals surface area contributed by atoms with Crippen LogP contribution in [0.1, 0.15) is 55.8 Å². The van der Waals surface area contributed by atoms with E-state index in [4.69, 9.17) is 4.74 Å². The number of nitrogens with zero attached hydrogens (tertiary/aromatic N) is 2. The molecule has 1 aromatic carbocycles. The number of β-amino-alcohol motifs (C(OH)–C–C–N with tert-alkyl or cyclic N) is 1. The van der Waals surface area contributed by atoms with Crippen LogP contribution >= 0.6 is 0 Å². The van der Waals surface area contributed by atoms with Gasteiger partial charge in [-0.25, -0.2) is 0 Å². The monoisotopic (exact) mass is 374 g/mol. The zero-order valence-corrected chi connectivity index (χ0v) is 16.2. The Hall–Kier alpha value is -2.08. The lowest BCUT2D eigenvalue weighted by Gasteiger charge is -2.38. The fraction of sp³-hybridized carbons (Fsp3) is 0.619. The zero-order chi connectivity index (χ0) is 19.3. The molecule has 27 heavy (non-hydrogen) atoms. The SMILES string of the molecule is CC[C@@]1(O)CCCN(C(=O)c2ccc(OCC(=O)N3CCCCC3)cc2)C1. The van der Waals surface area contributed by atoms with Crippen LogP contribution in [-0.2, 0) is 4.79 Å². The maximum atomic E-state index is 12.7. The van der Waals surface area contributed by atoms with Crippen molar-refractivity contribution in [2.75, 3.05) is 32.8 Å². The highest BCUT2D eigenvalue weighted by molar-refractivity contribution is 5.94. The molecule has 0 unspecified atom stereocenters. The Morgan fingerprint density at radius 2 is 1.70 bits per heavy atom. The maximum Gasteiger partial charge on any atom is 0.260 e. The molecule has 3 rings (SSSR count). The third-order valence-electron chi connectivity index (χ3n) is 5.67. The quantitative estimate of drug-likeness (QED) is 0.859. The summed E-state index contributed by atoms with van der Waals surface area (Å²) in [6.45, 7) is 4.66. The summed E-state index contributed by atoms with van der Waals surface area (Å²) in [5.74, 6) is 0.528. The lowest BCUT2D eigenvalue weighted by atomic mass is 9.90. The number of rotatable bonds is 5. The summed E-state index contributed by atoms with van der Waals surface area (Å²) in [5.41, 5.74) is -0.198. The highest BCUT2D eigenvalue weighted by atomic mass is 16.5. The number of carbonyl (C=O) groups is 2. The molecule has 148 valence electrons. The summed E-state index contributed by atoms with van der Waals surface area (Å²) >= 11 is 0. The van der Waals surface area contributed by atoms with Crippen molar-refractivity contribution in [3.8, 4) is 5.75 Å². The van der Waals surface area contributed by atoms with Crippen molar-refractivity contribution < 1.29 is 19.4 Å². The van der Waals surface area contributed by atoms with Crippen LogP contribution in [0.3, 0.4) is 0 Å². The minimum absolute atomic E-state index is 0.0158. The van der Waals surface area contributed by atoms with Gasteiger partial charge in [-0.2, -0.15) is 0 Å². The van der Waals surface area contributed by atoms with E-state index in [9.17, 15) is 14.7 Å². The average molecular weight is 374 g/mol. The van der Waals surface area contributed by atoms with Gasteiger partial charge in [0.2, 0.25) is 0 Å². The van der Waals surface area contributed by atoms with Crippen LogP contribution in [0.25, 0.3) is 0 Å². The summed E-state index contributed by atoms with van der Waals surface area (Å²) in [4.78, 5) is 28.4. The molecule has 2 aliphatic heterocycles. The lowest BCUT2D eigenvalue weighted by molar-refractivity contribution is -0.134. The molecule has 1 atom stereocenters. The van der Waals surface area contributed by atoms with Crippen molar-refractivity contribution in [2.24, 2.45) is 0 Å². The normalized spacial score (nSPS) is 23.2. The van der Waals surface area contributed by atoms with Gasteiger partial charge >= 0.3 is 0 Å². The predicted molar refractivity (Wildman–Crippen MR) is 103 cm³/mol. The Morgan fingerprint density at radius 3 is 2.37 bits per heavy atom. The van der Waals surface area contributed by atoms with Crippen LogP contribution in [0.15, 0.2) is 24.3 Å². The summed E-state index contributed by atoms with van der Waals surface area (Å²) < 4.78 is 5.60. The van der Waals surface area contributed by atoms with Crippen LogP contribution in [0.4, 0.5) is 0 Å². The van der Waals surface area contributed by atoms with Gasteiger partial charge in [-0.1, -0.05) is 6.92 Å². The summed E-state index contributed by atoms with van der Waals surface area (Å²) in [6, 6.07) is 6.91. The minimum Gasteiger partial charge on any atom is -0.484 e. The minimum atomic E-state index is -0.772. The Labute approximate surface area is 161 Å². The molecule has 6 nitrogen and oxygen atoms in total. The van der Waals surface area contributed by atoms with Gasteiger partial charge in [0.1, 0.15) is 5.75 Å². The third-order valence-corrected chi connectivity index (χ3v) is 5.67. The molecule has 0 bridgehead atoms. The first-order valence-electron chi connectivity index (χ1n) is 10.0. The highest BCUT2D eigenvalue weighted by Crippen LogP contribution is 2.25. The van der Waals surface area contributed by atoms with Crippen molar-refractivity contribution in [2.45, 2.75) is 51.0 Å². The number of carbonyl (C=O) groups excluding carboxylic acids is 2. The van der Waals surface area contributed by atoms with Crippen LogP contribution in [0.2, 0.25) is 0 Å². The molecule has 6 heteroatoms. The van der Waals surface area contributed by atoms with Crippen molar-refractivity contribution in [1.29, 1.82) is 0 Å². The second kappa shape index (κ2) is 8.74. The number of aliphatic hydroxyl groups is 1. The smallest absolute Gasteiger partial charge is 0.260 e. The zero-order valence-electron chi connectivity index (χ0n) is 16.2. The number of benzene rings is 1. The summed E-state index contributed by atoms with van der Waals surface area (Å²) in [6.07, 6.45) is 5.51. The molecule has 1 N–H and O–H groups in total. The maximum absolute atomic E-state index is 12.7. The van der Waals surface area contributed by atoms with Gasteiger partial charge in [0.05, 0.1) is 5.60 Å². The van der Waals surface area contributed by atoms with Crippen molar-refractivity contribution >= 4 is 11.8 Å². The first kappa shape index (κ1) is 19.7. The summed E-state index contributed by atoms with van der Waals surface area (Å²) in [5, 5.41) is 10.5. The number of hydrogen-bond donors (Lipinski definition) is 1. The Bertz CT molecular complexity index is 655. The van der Waals surface area contributed by atoms with Crippen LogP contribution in [0.5, 0.6) is 5.75 Å². The van der Waals surface area contributed by atoms with E-state index in [0.29, 0.717) is 30.8 Å². The van der Waals surface area contributed by atoms with Gasteiger partial charge in [-0.15, -0.1) is 0 Å². The number of hydrogen-bond acceptors (Lipinski definition) is 4. The van der Waals surface area contributed by atoms with E-state index >= 15 is 0 Å². The standard InChI is InChI=1S/C21H30N2O4/c1-2-21(26)11-6-14-23(16-21)20(25)17-7-9-18(10-8-17)27-15-19(24)22-12-4-3-5-13-22/h7-10,26H,2-6,11-16H2,1H3/t21-/m1/s1. The van der Waals surface area contributed by atoms with Gasteiger partial charge in [0.15, 0.2) is 6.61 Å². The van der Waals surface area contributed by atoms with E-state index in [2.05, 4.69) is 0 Å². The van der Waals surface area contributed by atoms with E-state index in [1.807, 2.05) is 11.8 Å². The van der Waals surface area contributed by atoms with Gasteiger partial charge < -0.3 is 19.6 Å². The van der Waals surface area contributed by atoms with Crippen LogP contribution < -0.4 is 4.74 Å². The first-order valence-corrected chi connectivity index (χ1v) is 10.0. The van der Waals surface area contributed by atoms with E-state index in [1.165, 1.54) is 6.42 Å². The predicted octanol–water partition coefficient (Wildman–Crippen LogP) is 2.46. The highest BCUT2D eigenvalue weighted by Gasteiger charge is 2.33. The number of likely N-dealkylation sites (tertiary alicyclic amines) is 2. The van der Waals surface area contributed by atoms with E-state index < -0.39 is 5.60 Å². The number of piperidine rings is 2. The molecule has 2 fully saturated rings. The molecule has 0 aromatic heterocycles. The van der Waals surface area contributed by atoms with E-state index in [0.717, 1.165) is 38.8 Å². The van der Waals surface area contributed by atoms with Gasteiger partial charge in [0.25, 0.3) is 11.8 Å². The molecule has 2 saturated heterocycles. The third kappa shape index (κ3) is 5.01. The molecule has 0 aliphatic carbocycles. The molecule has 2 amide bonds. The largest absolute Gasteiger partial charge is 0.484 e. The number of ether oxygens (including phenoxy) is 1. The summed E-state index contributed by atoms with van der Waals surface area (Å²) in [7, 11) is 0. The molecular weight excluding hydrogens is 344 g/mol. The fourth-order valence-electron chi connectivity index (χ4n) is 3.83. The van der Waals surface area contributed by atoms with Gasteiger partial charge in [-0.3, -0.25) is 9.59 Å². The van der Waals surface area contributed by atoms with Crippen molar-refractivity contribution in [3.05, 3.63) is 29.8 Å².